The van der Waals surface area contributed by atoms with Gasteiger partial charge in [0.2, 0.25) is 0 Å². The van der Waals surface area contributed by atoms with Crippen LogP contribution in [0, 0.1) is 5.82 Å². The fourth-order valence-corrected chi connectivity index (χ4v) is 1.64. The normalized spacial score (nSPS) is 10.4. The van der Waals surface area contributed by atoms with Gasteiger partial charge < -0.3 is 10.5 Å². The number of nitrogens with zero attached hydrogens (tertiary/aromatic N) is 1. The molecule has 0 aliphatic rings. The van der Waals surface area contributed by atoms with E-state index in [1.807, 2.05) is 5.43 Å². The number of carbonyl (C=O) groups excluding carboxylic acids is 1. The Morgan fingerprint density at radius 1 is 1.69 bits per heavy atom. The highest BCUT2D eigenvalue weighted by atomic mass is 79.9. The molecule has 0 unspecified atom stereocenters. The lowest BCUT2D eigenvalue weighted by atomic mass is 10.2. The fourth-order valence-electron chi connectivity index (χ4n) is 1.02. The molecule has 0 heterocycles. The van der Waals surface area contributed by atoms with Crippen molar-refractivity contribution in [1.82, 2.24) is 5.43 Å². The van der Waals surface area contributed by atoms with E-state index in [0.29, 0.717) is 10.0 Å². The average Bonchev–Trinajstić information content (AvgIpc) is 2.16. The Morgan fingerprint density at radius 3 is 2.88 bits per heavy atom. The fraction of sp³-hybridized carbons (Fsp3) is 0.111. The van der Waals surface area contributed by atoms with E-state index >= 15 is 0 Å². The first-order chi connectivity index (χ1) is 7.54. The largest absolute Gasteiger partial charge is 0.492 e. The van der Waals surface area contributed by atoms with Crippen molar-refractivity contribution in [2.24, 2.45) is 10.8 Å². The van der Waals surface area contributed by atoms with E-state index < -0.39 is 11.8 Å². The summed E-state index contributed by atoms with van der Waals surface area (Å²) >= 11 is 3.14. The highest BCUT2D eigenvalue weighted by molar-refractivity contribution is 9.10. The van der Waals surface area contributed by atoms with E-state index in [1.54, 1.807) is 6.07 Å². The maximum atomic E-state index is 13.4. The summed E-state index contributed by atoms with van der Waals surface area (Å²) in [7, 11) is 1.37. The maximum absolute atomic E-state index is 13.4. The minimum Gasteiger partial charge on any atom is -0.492 e. The first-order valence-electron chi connectivity index (χ1n) is 4.16. The highest BCUT2D eigenvalue weighted by Crippen LogP contribution is 2.28. The van der Waals surface area contributed by atoms with Crippen LogP contribution in [0.25, 0.3) is 0 Å². The second-order valence-electron chi connectivity index (χ2n) is 2.75. The third-order valence-corrected chi connectivity index (χ3v) is 2.20. The average molecular weight is 290 g/mol. The minimum atomic E-state index is -0.788. The predicted octanol–water partition coefficient (Wildman–Crippen LogP) is 1.60. The van der Waals surface area contributed by atoms with Crippen molar-refractivity contribution in [3.05, 3.63) is 28.0 Å². The molecule has 1 aromatic rings. The van der Waals surface area contributed by atoms with Gasteiger partial charge in [-0.3, -0.25) is 0 Å². The first kappa shape index (κ1) is 12.4. The molecule has 5 nitrogen and oxygen atoms in total. The van der Waals surface area contributed by atoms with Gasteiger partial charge in [-0.15, -0.1) is 0 Å². The van der Waals surface area contributed by atoms with E-state index in [-0.39, 0.29) is 5.75 Å². The van der Waals surface area contributed by atoms with Crippen molar-refractivity contribution in [2.75, 3.05) is 7.11 Å². The van der Waals surface area contributed by atoms with Gasteiger partial charge in [-0.1, -0.05) is 0 Å². The standard InChI is InChI=1S/C9H9BrFN3O2/c1-16-8-6(10)2-5(3-7(8)11)4-13-14-9(12)15/h2-4H,1H3,(H3,12,14,15). The van der Waals surface area contributed by atoms with Gasteiger partial charge in [-0.2, -0.15) is 5.10 Å². The number of primary amides is 1. The van der Waals surface area contributed by atoms with Crippen LogP contribution in [0.2, 0.25) is 0 Å². The van der Waals surface area contributed by atoms with Crippen molar-refractivity contribution in [3.8, 4) is 5.75 Å². The van der Waals surface area contributed by atoms with Crippen LogP contribution < -0.4 is 15.9 Å². The Balaban J connectivity index is 2.91. The zero-order valence-corrected chi connectivity index (χ0v) is 9.92. The highest BCUT2D eigenvalue weighted by Gasteiger charge is 2.08. The monoisotopic (exact) mass is 289 g/mol. The Kier molecular flexibility index (Phi) is 4.24. The molecule has 0 atom stereocenters. The molecular formula is C9H9BrFN3O2. The molecule has 0 saturated heterocycles. The number of methoxy groups -OCH3 is 1. The van der Waals surface area contributed by atoms with Gasteiger partial charge in [0.15, 0.2) is 11.6 Å². The number of urea groups is 1. The number of ether oxygens (including phenoxy) is 1. The van der Waals surface area contributed by atoms with Gasteiger partial charge in [-0.25, -0.2) is 14.6 Å². The number of hydrogen-bond acceptors (Lipinski definition) is 3. The van der Waals surface area contributed by atoms with Crippen molar-refractivity contribution in [2.45, 2.75) is 0 Å². The smallest absolute Gasteiger partial charge is 0.332 e. The lowest BCUT2D eigenvalue weighted by Gasteiger charge is -2.05. The summed E-state index contributed by atoms with van der Waals surface area (Å²) in [4.78, 5) is 10.3. The van der Waals surface area contributed by atoms with Crippen LogP contribution in [0.15, 0.2) is 21.7 Å². The molecule has 7 heteroatoms. The van der Waals surface area contributed by atoms with Gasteiger partial charge in [0.1, 0.15) is 0 Å². The molecule has 0 fully saturated rings. The number of hydrogen-bond donors (Lipinski definition) is 2. The summed E-state index contributed by atoms with van der Waals surface area (Å²) in [6, 6.07) is 2.02. The van der Waals surface area contributed by atoms with Crippen molar-refractivity contribution in [1.29, 1.82) is 0 Å². The zero-order chi connectivity index (χ0) is 12.1. The molecule has 0 aliphatic carbocycles. The van der Waals surface area contributed by atoms with Crippen LogP contribution >= 0.6 is 15.9 Å². The number of hydrazone groups is 1. The number of nitrogens with two attached hydrogens (primary N) is 1. The number of benzene rings is 1. The molecule has 0 saturated carbocycles. The van der Waals surface area contributed by atoms with E-state index in [2.05, 4.69) is 21.0 Å². The first-order valence-corrected chi connectivity index (χ1v) is 4.95. The van der Waals surface area contributed by atoms with Crippen LogP contribution in [0.4, 0.5) is 9.18 Å². The van der Waals surface area contributed by atoms with Gasteiger partial charge >= 0.3 is 6.03 Å². The van der Waals surface area contributed by atoms with Gasteiger partial charge in [0.05, 0.1) is 17.8 Å². The summed E-state index contributed by atoms with van der Waals surface area (Å²) in [5, 5.41) is 3.50. The molecule has 1 aromatic carbocycles. The third kappa shape index (κ3) is 3.20. The number of halogens is 2. The van der Waals surface area contributed by atoms with Crippen LogP contribution in [0.1, 0.15) is 5.56 Å². The predicted molar refractivity (Wildman–Crippen MR) is 61.0 cm³/mol. The Morgan fingerprint density at radius 2 is 2.38 bits per heavy atom. The molecule has 0 bridgehead atoms. The lowest BCUT2D eigenvalue weighted by molar-refractivity contribution is 0.249. The minimum absolute atomic E-state index is 0.111. The number of amides is 2. The molecule has 16 heavy (non-hydrogen) atoms. The quantitative estimate of drug-likeness (QED) is 0.655. The van der Waals surface area contributed by atoms with Crippen LogP contribution in [0.5, 0.6) is 5.75 Å². The van der Waals surface area contributed by atoms with Crippen LogP contribution in [0.3, 0.4) is 0 Å². The van der Waals surface area contributed by atoms with E-state index in [4.69, 9.17) is 10.5 Å². The van der Waals surface area contributed by atoms with E-state index in [9.17, 15) is 9.18 Å². The number of nitrogens with one attached hydrogen (secondary N) is 1. The van der Waals surface area contributed by atoms with E-state index in [1.165, 1.54) is 19.4 Å². The molecule has 0 spiro atoms. The molecule has 3 N–H and O–H groups in total. The van der Waals surface area contributed by atoms with Crippen LogP contribution in [-0.2, 0) is 0 Å². The van der Waals surface area contributed by atoms with Crippen LogP contribution in [-0.4, -0.2) is 19.4 Å². The summed E-state index contributed by atoms with van der Waals surface area (Å²) in [6.07, 6.45) is 1.26. The summed E-state index contributed by atoms with van der Waals surface area (Å²) in [5.41, 5.74) is 7.25. The van der Waals surface area contributed by atoms with E-state index in [0.717, 1.165) is 0 Å². The molecule has 86 valence electrons. The second kappa shape index (κ2) is 5.45. The Labute approximate surface area is 99.6 Å². The topological polar surface area (TPSA) is 76.7 Å². The molecule has 0 radical (unpaired) electrons. The van der Waals surface area contributed by atoms with Crippen molar-refractivity contribution < 1.29 is 13.9 Å². The van der Waals surface area contributed by atoms with Gasteiger partial charge in [0, 0.05) is 0 Å². The number of rotatable bonds is 3. The zero-order valence-electron chi connectivity index (χ0n) is 8.33. The summed E-state index contributed by atoms with van der Waals surface area (Å²) < 4.78 is 18.6. The van der Waals surface area contributed by atoms with Gasteiger partial charge in [0.25, 0.3) is 0 Å². The second-order valence-corrected chi connectivity index (χ2v) is 3.61. The van der Waals surface area contributed by atoms with Crippen molar-refractivity contribution in [3.63, 3.8) is 0 Å². The number of carbonyl (C=O) groups is 1. The SMILES string of the molecule is COc1c(F)cc(C=NNC(N)=O)cc1Br. The summed E-state index contributed by atoms with van der Waals surface area (Å²) in [5.74, 6) is -0.419. The maximum Gasteiger partial charge on any atom is 0.332 e. The van der Waals surface area contributed by atoms with Gasteiger partial charge in [-0.05, 0) is 33.6 Å². The molecule has 0 aliphatic heterocycles. The molecule has 2 amide bonds. The Bertz CT molecular complexity index is 414. The molecule has 1 rings (SSSR count). The summed E-state index contributed by atoms with van der Waals surface area (Å²) in [6.45, 7) is 0. The molecular weight excluding hydrogens is 281 g/mol. The third-order valence-electron chi connectivity index (χ3n) is 1.61. The van der Waals surface area contributed by atoms with Crippen molar-refractivity contribution >= 4 is 28.2 Å². The molecule has 0 aromatic heterocycles. The Hall–Kier alpha value is -1.63. The lowest BCUT2D eigenvalue weighted by Crippen LogP contribution is -2.24.